The van der Waals surface area contributed by atoms with E-state index in [0.29, 0.717) is 11.3 Å². The van der Waals surface area contributed by atoms with Crippen LogP contribution in [-0.4, -0.2) is 41.0 Å². The molecule has 1 aliphatic rings. The normalized spacial score (nSPS) is 15.6. The second-order valence-corrected chi connectivity index (χ2v) is 6.91. The van der Waals surface area contributed by atoms with Crippen molar-refractivity contribution in [1.29, 1.82) is 0 Å². The maximum Gasteiger partial charge on any atom is 0.297 e. The first-order chi connectivity index (χ1) is 13.1. The molecule has 1 aromatic heterocycles. The van der Waals surface area contributed by atoms with Crippen molar-refractivity contribution < 1.29 is 8.78 Å². The van der Waals surface area contributed by atoms with Crippen LogP contribution in [0.2, 0.25) is 0 Å². The van der Waals surface area contributed by atoms with Crippen LogP contribution in [0.4, 0.5) is 14.6 Å². The average molecular weight is 368 g/mol. The molecular weight excluding hydrogens is 346 g/mol. The number of nitrogens with zero attached hydrogens (tertiary/aromatic N) is 4. The number of para-hydroxylation sites is 1. The molecule has 1 aliphatic heterocycles. The molecule has 2 heterocycles. The fraction of sp³-hybridized carbons (Fsp3) is 0.333. The summed E-state index contributed by atoms with van der Waals surface area (Å²) in [7, 11) is 0. The zero-order valence-corrected chi connectivity index (χ0v) is 15.3. The molecule has 27 heavy (non-hydrogen) atoms. The highest BCUT2D eigenvalue weighted by molar-refractivity contribution is 5.89. The summed E-state index contributed by atoms with van der Waals surface area (Å²) < 4.78 is 26.5. The maximum atomic E-state index is 13.2. The number of rotatable bonds is 4. The van der Waals surface area contributed by atoms with Gasteiger partial charge >= 0.3 is 0 Å². The Balaban J connectivity index is 1.53. The maximum absolute atomic E-state index is 13.2. The van der Waals surface area contributed by atoms with Crippen molar-refractivity contribution in [2.45, 2.75) is 19.9 Å². The number of hydrogen-bond acceptors (Lipinski definition) is 4. The molecule has 0 radical (unpaired) electrons. The van der Waals surface area contributed by atoms with E-state index in [0.717, 1.165) is 38.1 Å². The molecule has 6 heteroatoms. The summed E-state index contributed by atoms with van der Waals surface area (Å²) >= 11 is 0. The highest BCUT2D eigenvalue weighted by atomic mass is 19.3. The van der Waals surface area contributed by atoms with Crippen molar-refractivity contribution in [2.75, 3.05) is 31.1 Å². The Bertz CT molecular complexity index is 936. The Hall–Kier alpha value is -2.60. The molecule has 3 aromatic rings. The van der Waals surface area contributed by atoms with Gasteiger partial charge in [0.1, 0.15) is 5.82 Å². The number of piperazine rings is 1. The highest BCUT2D eigenvalue weighted by Crippen LogP contribution is 2.28. The van der Waals surface area contributed by atoms with Crippen LogP contribution >= 0.6 is 0 Å². The van der Waals surface area contributed by atoms with E-state index in [1.807, 2.05) is 18.2 Å². The Morgan fingerprint density at radius 1 is 0.926 bits per heavy atom. The summed E-state index contributed by atoms with van der Waals surface area (Å²) in [4.78, 5) is 12.7. The molecule has 0 bridgehead atoms. The molecule has 1 fully saturated rings. The van der Waals surface area contributed by atoms with Crippen LogP contribution in [0.5, 0.6) is 0 Å². The third-order valence-electron chi connectivity index (χ3n) is 5.12. The Kier molecular flexibility index (Phi) is 4.99. The molecular formula is C21H22F2N4. The van der Waals surface area contributed by atoms with Gasteiger partial charge in [-0.25, -0.2) is 18.7 Å². The molecule has 0 unspecified atom stereocenters. The molecule has 0 N–H and O–H groups in total. The largest absolute Gasteiger partial charge is 0.353 e. The van der Waals surface area contributed by atoms with Gasteiger partial charge in [-0.05, 0) is 30.2 Å². The number of anilines is 1. The smallest absolute Gasteiger partial charge is 0.297 e. The van der Waals surface area contributed by atoms with Crippen LogP contribution in [0.25, 0.3) is 10.9 Å². The van der Waals surface area contributed by atoms with Gasteiger partial charge in [-0.15, -0.1) is 0 Å². The number of fused-ring (bicyclic) bond motifs is 1. The van der Waals surface area contributed by atoms with Gasteiger partial charge in [0.25, 0.3) is 6.43 Å². The minimum Gasteiger partial charge on any atom is -0.353 e. The Morgan fingerprint density at radius 2 is 1.63 bits per heavy atom. The summed E-state index contributed by atoms with van der Waals surface area (Å²) in [6.45, 7) is 6.30. The number of halogens is 2. The predicted octanol–water partition coefficient (Wildman–Crippen LogP) is 4.20. The molecule has 0 spiro atoms. The first-order valence-corrected chi connectivity index (χ1v) is 9.18. The Labute approximate surface area is 157 Å². The van der Waals surface area contributed by atoms with Crippen molar-refractivity contribution in [1.82, 2.24) is 14.9 Å². The molecule has 2 aromatic carbocycles. The van der Waals surface area contributed by atoms with Gasteiger partial charge < -0.3 is 4.90 Å². The lowest BCUT2D eigenvalue weighted by atomic mass is 10.1. The topological polar surface area (TPSA) is 32.3 Å². The number of hydrogen-bond donors (Lipinski definition) is 0. The van der Waals surface area contributed by atoms with Crippen molar-refractivity contribution in [3.8, 4) is 0 Å². The molecule has 0 saturated carbocycles. The molecule has 4 nitrogen and oxygen atoms in total. The van der Waals surface area contributed by atoms with Crippen molar-refractivity contribution in [2.24, 2.45) is 0 Å². The summed E-state index contributed by atoms with van der Waals surface area (Å²) in [5.41, 5.74) is 3.20. The third-order valence-corrected chi connectivity index (χ3v) is 5.12. The van der Waals surface area contributed by atoms with Gasteiger partial charge in [-0.2, -0.15) is 0 Å². The molecule has 140 valence electrons. The Morgan fingerprint density at radius 3 is 2.37 bits per heavy atom. The van der Waals surface area contributed by atoms with E-state index < -0.39 is 12.2 Å². The van der Waals surface area contributed by atoms with Gasteiger partial charge in [0, 0.05) is 38.1 Å². The van der Waals surface area contributed by atoms with Crippen molar-refractivity contribution >= 4 is 16.7 Å². The van der Waals surface area contributed by atoms with Gasteiger partial charge in [0.15, 0.2) is 5.82 Å². The van der Waals surface area contributed by atoms with E-state index in [4.69, 9.17) is 0 Å². The minimum absolute atomic E-state index is 0.397. The van der Waals surface area contributed by atoms with Gasteiger partial charge in [-0.3, -0.25) is 4.90 Å². The number of alkyl halides is 2. The fourth-order valence-corrected chi connectivity index (χ4v) is 3.56. The highest BCUT2D eigenvalue weighted by Gasteiger charge is 2.23. The summed E-state index contributed by atoms with van der Waals surface area (Å²) in [6.07, 6.45) is -2.67. The lowest BCUT2D eigenvalue weighted by Gasteiger charge is -2.36. The predicted molar refractivity (Wildman–Crippen MR) is 103 cm³/mol. The number of benzene rings is 2. The summed E-state index contributed by atoms with van der Waals surface area (Å²) in [5.74, 6) is 0.220. The van der Waals surface area contributed by atoms with Crippen LogP contribution in [0, 0.1) is 6.92 Å². The third kappa shape index (κ3) is 3.76. The summed E-state index contributed by atoms with van der Waals surface area (Å²) in [5, 5.41) is 0.828. The molecule has 0 amide bonds. The van der Waals surface area contributed by atoms with E-state index >= 15 is 0 Å². The fourth-order valence-electron chi connectivity index (χ4n) is 3.56. The lowest BCUT2D eigenvalue weighted by molar-refractivity contribution is 0.141. The standard InChI is InChI=1S/C21H22F2N4/c1-15-6-2-3-7-16(15)14-26-10-12-27(13-11-26)21-17-8-4-5-9-18(17)24-20(25-21)19(22)23/h2-9,19H,10-14H2,1H3. The number of aromatic nitrogens is 2. The van der Waals surface area contributed by atoms with Crippen LogP contribution in [0.15, 0.2) is 48.5 Å². The lowest BCUT2D eigenvalue weighted by Crippen LogP contribution is -2.46. The van der Waals surface area contributed by atoms with Crippen molar-refractivity contribution in [3.05, 3.63) is 65.5 Å². The van der Waals surface area contributed by atoms with E-state index in [9.17, 15) is 8.78 Å². The van der Waals surface area contributed by atoms with Crippen LogP contribution in [-0.2, 0) is 6.54 Å². The van der Waals surface area contributed by atoms with E-state index in [-0.39, 0.29) is 0 Å². The average Bonchev–Trinajstić information content (AvgIpc) is 2.69. The number of aryl methyl sites for hydroxylation is 1. The quantitative estimate of drug-likeness (QED) is 0.691. The summed E-state index contributed by atoms with van der Waals surface area (Å²) in [6, 6.07) is 15.8. The van der Waals surface area contributed by atoms with E-state index in [1.54, 1.807) is 6.07 Å². The van der Waals surface area contributed by atoms with Crippen LogP contribution < -0.4 is 4.90 Å². The second-order valence-electron chi connectivity index (χ2n) is 6.91. The SMILES string of the molecule is Cc1ccccc1CN1CCN(c2nc(C(F)F)nc3ccccc23)CC1. The minimum atomic E-state index is -2.67. The molecule has 1 saturated heterocycles. The molecule has 0 aliphatic carbocycles. The first-order valence-electron chi connectivity index (χ1n) is 9.18. The van der Waals surface area contributed by atoms with Crippen LogP contribution in [0.1, 0.15) is 23.4 Å². The van der Waals surface area contributed by atoms with Gasteiger partial charge in [-0.1, -0.05) is 36.4 Å². The first kappa shape index (κ1) is 17.8. The monoisotopic (exact) mass is 368 g/mol. The van der Waals surface area contributed by atoms with E-state index in [2.05, 4.69) is 51.0 Å². The van der Waals surface area contributed by atoms with Crippen molar-refractivity contribution in [3.63, 3.8) is 0 Å². The van der Waals surface area contributed by atoms with Gasteiger partial charge in [0.05, 0.1) is 5.52 Å². The zero-order valence-electron chi connectivity index (χ0n) is 15.3. The molecule has 0 atom stereocenters. The second kappa shape index (κ2) is 7.56. The van der Waals surface area contributed by atoms with E-state index in [1.165, 1.54) is 11.1 Å². The molecule has 4 rings (SSSR count). The van der Waals surface area contributed by atoms with Gasteiger partial charge in [0.2, 0.25) is 0 Å². The van der Waals surface area contributed by atoms with Crippen LogP contribution in [0.3, 0.4) is 0 Å². The zero-order chi connectivity index (χ0) is 18.8.